The number of amides is 1. The molecule has 0 aromatic heterocycles. The molecule has 0 bridgehead atoms. The van der Waals surface area contributed by atoms with Crippen LogP contribution in [0.3, 0.4) is 0 Å². The lowest BCUT2D eigenvalue weighted by molar-refractivity contribution is -0.409. The van der Waals surface area contributed by atoms with Gasteiger partial charge in [0.05, 0.1) is 0 Å². The molecular weight excluding hydrogens is 222 g/mol. The van der Waals surface area contributed by atoms with Gasteiger partial charge in [0.25, 0.3) is 0 Å². The summed E-state index contributed by atoms with van der Waals surface area (Å²) in [5.41, 5.74) is 5.83. The van der Waals surface area contributed by atoms with Crippen LogP contribution >= 0.6 is 0 Å². The van der Waals surface area contributed by atoms with Gasteiger partial charge in [0.15, 0.2) is 6.04 Å². The monoisotopic (exact) mass is 235 g/mol. The van der Waals surface area contributed by atoms with E-state index in [4.69, 9.17) is 5.11 Å². The Hall–Kier alpha value is -1.14. The lowest BCUT2D eigenvalue weighted by Gasteiger charge is -2.16. The maximum atomic E-state index is 11.2. The smallest absolute Gasteiger partial charge is 0.362 e. The molecule has 0 saturated carbocycles. The van der Waals surface area contributed by atoms with E-state index < -0.39 is 12.0 Å². The van der Waals surface area contributed by atoms with Gasteiger partial charge in [0.1, 0.15) is 0 Å². The highest BCUT2D eigenvalue weighted by atomic mass is 35.5. The van der Waals surface area contributed by atoms with Crippen molar-refractivity contribution in [1.82, 2.24) is 5.43 Å². The van der Waals surface area contributed by atoms with Crippen LogP contribution < -0.4 is 23.6 Å². The van der Waals surface area contributed by atoms with E-state index in [0.29, 0.717) is 19.3 Å². The second-order valence-electron chi connectivity index (χ2n) is 3.33. The number of nitrogens with one attached hydrogen (secondary N) is 1. The van der Waals surface area contributed by atoms with E-state index in [1.165, 1.54) is 0 Å². The highest BCUT2D eigenvalue weighted by Gasteiger charge is 2.23. The van der Waals surface area contributed by atoms with Crippen molar-refractivity contribution >= 4 is 18.1 Å². The first-order valence-corrected chi connectivity index (χ1v) is 4.48. The topological polar surface area (TPSA) is 106 Å². The summed E-state index contributed by atoms with van der Waals surface area (Å²) in [6, 6.07) is -0.637. The summed E-state index contributed by atoms with van der Waals surface area (Å²) < 4.78 is 0. The Labute approximate surface area is 93.3 Å². The van der Waals surface area contributed by atoms with Crippen LogP contribution in [0.4, 0.5) is 0 Å². The minimum Gasteiger partial charge on any atom is -1.00 e. The first kappa shape index (κ1) is 13.9. The minimum absolute atomic E-state index is 0. The van der Waals surface area contributed by atoms with Crippen molar-refractivity contribution in [3.05, 3.63) is 0 Å². The number of rotatable bonds is 4. The second-order valence-corrected chi connectivity index (χ2v) is 3.33. The summed E-state index contributed by atoms with van der Waals surface area (Å²) in [6.07, 6.45) is 3.17. The predicted octanol–water partition coefficient (Wildman–Crippen LogP) is -4.41. The number of carbonyl (C=O) groups excluding carboxylic acids is 1. The number of carboxylic acid groups (broad SMARTS) is 1. The number of carboxylic acids is 1. The maximum absolute atomic E-state index is 11.2. The molecule has 1 aliphatic rings. The summed E-state index contributed by atoms with van der Waals surface area (Å²) in [6.45, 7) is 0. The van der Waals surface area contributed by atoms with Gasteiger partial charge < -0.3 is 23.2 Å². The number of halogens is 1. The van der Waals surface area contributed by atoms with Crippen LogP contribution in [0.1, 0.15) is 19.3 Å². The van der Waals surface area contributed by atoms with Crippen LogP contribution in [0.5, 0.6) is 0 Å². The van der Waals surface area contributed by atoms with E-state index in [0.717, 1.165) is 0 Å². The Morgan fingerprint density at radius 1 is 1.80 bits per heavy atom. The van der Waals surface area contributed by atoms with Gasteiger partial charge in [0, 0.05) is 18.6 Å². The summed E-state index contributed by atoms with van der Waals surface area (Å²) in [4.78, 5) is 21.6. The van der Waals surface area contributed by atoms with Crippen LogP contribution in [-0.2, 0) is 9.59 Å². The Balaban J connectivity index is 0.00000196. The van der Waals surface area contributed by atoms with Crippen molar-refractivity contribution in [2.45, 2.75) is 25.3 Å². The lowest BCUT2D eigenvalue weighted by Crippen LogP contribution is -3.00. The molecule has 0 fully saturated rings. The lowest BCUT2D eigenvalue weighted by atomic mass is 9.96. The van der Waals surface area contributed by atoms with E-state index in [-0.39, 0.29) is 24.2 Å². The van der Waals surface area contributed by atoms with Crippen LogP contribution in [0.2, 0.25) is 0 Å². The molecule has 0 aromatic carbocycles. The van der Waals surface area contributed by atoms with Crippen molar-refractivity contribution in [2.24, 2.45) is 11.0 Å². The van der Waals surface area contributed by atoms with Gasteiger partial charge in [-0.2, -0.15) is 5.10 Å². The summed E-state index contributed by atoms with van der Waals surface area (Å²) in [5, 5.41) is 12.2. The van der Waals surface area contributed by atoms with Gasteiger partial charge in [-0.1, -0.05) is 0 Å². The molecule has 2 atom stereocenters. The van der Waals surface area contributed by atoms with E-state index in [2.05, 4.69) is 16.3 Å². The molecule has 6 nitrogen and oxygen atoms in total. The van der Waals surface area contributed by atoms with E-state index in [1.54, 1.807) is 6.21 Å². The molecule has 1 amide bonds. The summed E-state index contributed by atoms with van der Waals surface area (Å²) in [5.74, 6) is -1.21. The maximum Gasteiger partial charge on any atom is 0.362 e. The van der Waals surface area contributed by atoms with Crippen molar-refractivity contribution in [3.63, 3.8) is 0 Å². The Morgan fingerprint density at radius 3 is 3.00 bits per heavy atom. The fourth-order valence-corrected chi connectivity index (χ4v) is 1.26. The fourth-order valence-electron chi connectivity index (χ4n) is 1.26. The normalized spacial score (nSPS) is 21.4. The highest BCUT2D eigenvalue weighted by Crippen LogP contribution is 2.13. The number of hydrogen-bond donors (Lipinski definition) is 3. The third-order valence-electron chi connectivity index (χ3n) is 2.24. The molecule has 0 aliphatic carbocycles. The summed E-state index contributed by atoms with van der Waals surface area (Å²) >= 11 is 0. The fraction of sp³-hybridized carbons (Fsp3) is 0.625. The van der Waals surface area contributed by atoms with Crippen LogP contribution in [0, 0.1) is 5.92 Å². The van der Waals surface area contributed by atoms with Crippen molar-refractivity contribution < 1.29 is 32.8 Å². The Kier molecular flexibility index (Phi) is 5.88. The van der Waals surface area contributed by atoms with Gasteiger partial charge in [-0.15, -0.1) is 0 Å². The number of hydrogen-bond acceptors (Lipinski definition) is 3. The molecule has 0 saturated heterocycles. The standard InChI is InChI=1S/C8H13N3O3.ClH/c9-6(8(13)14)2-1-5-3-4-10-11-7(5)12;/h4-6H,1-3,9H2,(H,11,12)(H,13,14);1H/t5?,6-;/m0./s1. The van der Waals surface area contributed by atoms with Crippen LogP contribution in [0.15, 0.2) is 5.10 Å². The molecule has 1 rings (SSSR count). The van der Waals surface area contributed by atoms with E-state index in [1.807, 2.05) is 0 Å². The zero-order chi connectivity index (χ0) is 10.6. The minimum atomic E-state index is -0.921. The number of aliphatic carboxylic acids is 1. The Morgan fingerprint density at radius 2 is 2.47 bits per heavy atom. The van der Waals surface area contributed by atoms with E-state index >= 15 is 0 Å². The average Bonchev–Trinajstić information content (AvgIpc) is 2.16. The first-order chi connectivity index (χ1) is 6.61. The molecule has 0 aromatic rings. The third-order valence-corrected chi connectivity index (χ3v) is 2.24. The van der Waals surface area contributed by atoms with Crippen LogP contribution in [0.25, 0.3) is 0 Å². The average molecular weight is 236 g/mol. The van der Waals surface area contributed by atoms with Gasteiger partial charge in [-0.25, -0.2) is 10.2 Å². The molecular formula is C8H14ClN3O3. The number of nitrogens with zero attached hydrogens (tertiary/aromatic N) is 1. The van der Waals surface area contributed by atoms with Crippen LogP contribution in [-0.4, -0.2) is 29.2 Å². The molecule has 5 N–H and O–H groups in total. The highest BCUT2D eigenvalue weighted by molar-refractivity contribution is 5.84. The molecule has 1 heterocycles. The SMILES string of the molecule is [Cl-].[NH3+][C@@H](CCC1CC=NNC1=O)C(=O)O. The summed E-state index contributed by atoms with van der Waals surface area (Å²) in [7, 11) is 0. The van der Waals surface area contributed by atoms with Gasteiger partial charge in [0.2, 0.25) is 5.91 Å². The van der Waals surface area contributed by atoms with Crippen molar-refractivity contribution in [1.29, 1.82) is 0 Å². The molecule has 1 unspecified atom stereocenters. The number of hydrazone groups is 1. The van der Waals surface area contributed by atoms with Gasteiger partial charge >= 0.3 is 5.97 Å². The number of carbonyl (C=O) groups is 2. The molecule has 0 radical (unpaired) electrons. The molecule has 1 aliphatic heterocycles. The van der Waals surface area contributed by atoms with Crippen molar-refractivity contribution in [2.75, 3.05) is 0 Å². The first-order valence-electron chi connectivity index (χ1n) is 4.48. The predicted molar refractivity (Wildman–Crippen MR) is 48.3 cm³/mol. The molecule has 7 heteroatoms. The molecule has 15 heavy (non-hydrogen) atoms. The Bertz CT molecular complexity index is 270. The second kappa shape index (κ2) is 6.36. The number of quaternary nitrogens is 1. The van der Waals surface area contributed by atoms with Gasteiger partial charge in [-0.05, 0) is 12.8 Å². The largest absolute Gasteiger partial charge is 1.00 e. The third kappa shape index (κ3) is 4.26. The zero-order valence-corrected chi connectivity index (χ0v) is 8.91. The quantitative estimate of drug-likeness (QED) is 0.458. The van der Waals surface area contributed by atoms with Crippen molar-refractivity contribution in [3.8, 4) is 0 Å². The van der Waals surface area contributed by atoms with E-state index in [9.17, 15) is 9.59 Å². The molecule has 86 valence electrons. The van der Waals surface area contributed by atoms with Gasteiger partial charge in [-0.3, -0.25) is 4.79 Å². The zero-order valence-electron chi connectivity index (χ0n) is 8.15. The molecule has 0 spiro atoms.